The number of rotatable bonds is 7. The summed E-state index contributed by atoms with van der Waals surface area (Å²) >= 11 is 0. The van der Waals surface area contributed by atoms with Gasteiger partial charge in [0.15, 0.2) is 0 Å². The van der Waals surface area contributed by atoms with Gasteiger partial charge in [-0.15, -0.1) is 0 Å². The number of hydrogen-bond donors (Lipinski definition) is 0. The molecule has 0 saturated heterocycles. The molecule has 1 unspecified atom stereocenters. The molecule has 0 bridgehead atoms. The molecule has 0 aromatic heterocycles. The Labute approximate surface area is 110 Å². The minimum absolute atomic E-state index is 0.129. The van der Waals surface area contributed by atoms with E-state index < -0.39 is 0 Å². The van der Waals surface area contributed by atoms with Gasteiger partial charge in [0.1, 0.15) is 0 Å². The van der Waals surface area contributed by atoms with E-state index in [1.54, 1.807) is 0 Å². The molecule has 0 amide bonds. The molecule has 1 aromatic carbocycles. The fourth-order valence-electron chi connectivity index (χ4n) is 1.98. The molecule has 100 valence electrons. The zero-order chi connectivity index (χ0) is 13.4. The van der Waals surface area contributed by atoms with Crippen molar-refractivity contribution in [1.29, 1.82) is 0 Å². The Balaban J connectivity index is 2.85. The van der Waals surface area contributed by atoms with Crippen molar-refractivity contribution in [2.45, 2.75) is 26.7 Å². The van der Waals surface area contributed by atoms with Gasteiger partial charge in [-0.25, -0.2) is 0 Å². The molecule has 0 spiro atoms. The first-order chi connectivity index (χ1) is 8.72. The van der Waals surface area contributed by atoms with E-state index in [4.69, 9.17) is 4.74 Å². The van der Waals surface area contributed by atoms with Crippen LogP contribution in [0.1, 0.15) is 32.3 Å². The van der Waals surface area contributed by atoms with E-state index in [2.05, 4.69) is 18.7 Å². The predicted molar refractivity (Wildman–Crippen MR) is 73.6 cm³/mol. The summed E-state index contributed by atoms with van der Waals surface area (Å²) in [4.78, 5) is 14.3. The fourth-order valence-corrected chi connectivity index (χ4v) is 1.98. The molecule has 0 aliphatic carbocycles. The van der Waals surface area contributed by atoms with Crippen LogP contribution in [0.15, 0.2) is 30.3 Å². The second-order valence-electron chi connectivity index (χ2n) is 4.20. The van der Waals surface area contributed by atoms with Gasteiger partial charge >= 0.3 is 5.97 Å². The lowest BCUT2D eigenvalue weighted by Gasteiger charge is -2.24. The maximum Gasteiger partial charge on any atom is 0.314 e. The van der Waals surface area contributed by atoms with Crippen LogP contribution in [0.5, 0.6) is 0 Å². The molecule has 3 nitrogen and oxygen atoms in total. The van der Waals surface area contributed by atoms with Crippen molar-refractivity contribution < 1.29 is 9.53 Å². The van der Waals surface area contributed by atoms with Crippen LogP contribution in [-0.4, -0.2) is 37.1 Å². The van der Waals surface area contributed by atoms with Crippen LogP contribution in [0.3, 0.4) is 0 Å². The van der Waals surface area contributed by atoms with Crippen molar-refractivity contribution in [2.24, 2.45) is 0 Å². The van der Waals surface area contributed by atoms with Crippen molar-refractivity contribution in [2.75, 3.05) is 26.2 Å². The van der Waals surface area contributed by atoms with Crippen LogP contribution in [0, 0.1) is 0 Å². The van der Waals surface area contributed by atoms with Gasteiger partial charge < -0.3 is 9.64 Å². The van der Waals surface area contributed by atoms with E-state index in [0.29, 0.717) is 6.61 Å². The lowest BCUT2D eigenvalue weighted by atomic mass is 9.98. The topological polar surface area (TPSA) is 29.5 Å². The van der Waals surface area contributed by atoms with Crippen LogP contribution in [-0.2, 0) is 9.53 Å². The molecule has 0 aliphatic heterocycles. The Morgan fingerprint density at radius 1 is 1.17 bits per heavy atom. The number of carbonyl (C=O) groups is 1. The van der Waals surface area contributed by atoms with Gasteiger partial charge in [-0.05, 0) is 25.6 Å². The minimum atomic E-state index is -0.189. The second-order valence-corrected chi connectivity index (χ2v) is 4.20. The smallest absolute Gasteiger partial charge is 0.314 e. The number of nitrogens with zero attached hydrogens (tertiary/aromatic N) is 1. The monoisotopic (exact) mass is 249 g/mol. The molecule has 0 radical (unpaired) electrons. The highest BCUT2D eigenvalue weighted by molar-refractivity contribution is 5.78. The van der Waals surface area contributed by atoms with Crippen molar-refractivity contribution in [3.8, 4) is 0 Å². The normalized spacial score (nSPS) is 12.4. The molecular formula is C15H23NO2. The SMILES string of the molecule is CCOC(=O)C(CN(CC)CC)c1ccccc1. The molecule has 0 aliphatic rings. The molecule has 0 fully saturated rings. The molecule has 3 heteroatoms. The second kappa shape index (κ2) is 7.88. The molecule has 1 aromatic rings. The van der Waals surface area contributed by atoms with Crippen molar-refractivity contribution in [3.63, 3.8) is 0 Å². The largest absolute Gasteiger partial charge is 0.465 e. The number of likely N-dealkylation sites (N-methyl/N-ethyl adjacent to an activating group) is 1. The molecule has 1 atom stereocenters. The van der Waals surface area contributed by atoms with Gasteiger partial charge in [0.2, 0.25) is 0 Å². The van der Waals surface area contributed by atoms with Gasteiger partial charge in [-0.1, -0.05) is 44.2 Å². The third-order valence-corrected chi connectivity index (χ3v) is 3.11. The highest BCUT2D eigenvalue weighted by Gasteiger charge is 2.23. The van der Waals surface area contributed by atoms with E-state index >= 15 is 0 Å². The molecule has 0 saturated carbocycles. The first-order valence-electron chi connectivity index (χ1n) is 6.66. The summed E-state index contributed by atoms with van der Waals surface area (Å²) in [7, 11) is 0. The van der Waals surface area contributed by atoms with Gasteiger partial charge in [-0.2, -0.15) is 0 Å². The summed E-state index contributed by atoms with van der Waals surface area (Å²) in [5.41, 5.74) is 1.03. The summed E-state index contributed by atoms with van der Waals surface area (Å²) in [6.45, 7) is 9.10. The maximum atomic E-state index is 12.1. The summed E-state index contributed by atoms with van der Waals surface area (Å²) in [6, 6.07) is 9.87. The fraction of sp³-hybridized carbons (Fsp3) is 0.533. The number of ether oxygens (including phenoxy) is 1. The Morgan fingerprint density at radius 3 is 2.28 bits per heavy atom. The van der Waals surface area contributed by atoms with Crippen LogP contribution in [0.25, 0.3) is 0 Å². The van der Waals surface area contributed by atoms with Gasteiger partial charge in [0.25, 0.3) is 0 Å². The molecule has 18 heavy (non-hydrogen) atoms. The number of carbonyl (C=O) groups excluding carboxylic acids is 1. The Bertz CT molecular complexity index is 347. The van der Waals surface area contributed by atoms with Crippen LogP contribution in [0.2, 0.25) is 0 Å². The third-order valence-electron chi connectivity index (χ3n) is 3.11. The van der Waals surface area contributed by atoms with Gasteiger partial charge in [0, 0.05) is 6.54 Å². The predicted octanol–water partition coefficient (Wildman–Crippen LogP) is 2.68. The van der Waals surface area contributed by atoms with Crippen molar-refractivity contribution >= 4 is 5.97 Å². The Kier molecular flexibility index (Phi) is 6.44. The quantitative estimate of drug-likeness (QED) is 0.696. The number of esters is 1. The first-order valence-corrected chi connectivity index (χ1v) is 6.66. The van der Waals surface area contributed by atoms with E-state index in [0.717, 1.165) is 25.2 Å². The van der Waals surface area contributed by atoms with E-state index in [9.17, 15) is 4.79 Å². The highest BCUT2D eigenvalue weighted by Crippen LogP contribution is 2.18. The van der Waals surface area contributed by atoms with Crippen LogP contribution < -0.4 is 0 Å². The number of benzene rings is 1. The lowest BCUT2D eigenvalue weighted by Crippen LogP contribution is -2.32. The minimum Gasteiger partial charge on any atom is -0.465 e. The van der Waals surface area contributed by atoms with Crippen LogP contribution >= 0.6 is 0 Å². The zero-order valence-electron chi connectivity index (χ0n) is 11.6. The summed E-state index contributed by atoms with van der Waals surface area (Å²) in [5, 5.41) is 0. The van der Waals surface area contributed by atoms with Crippen molar-refractivity contribution in [3.05, 3.63) is 35.9 Å². The van der Waals surface area contributed by atoms with Gasteiger partial charge in [0.05, 0.1) is 12.5 Å². The van der Waals surface area contributed by atoms with Gasteiger partial charge in [-0.3, -0.25) is 4.79 Å². The Hall–Kier alpha value is -1.35. The molecular weight excluding hydrogens is 226 g/mol. The lowest BCUT2D eigenvalue weighted by molar-refractivity contribution is -0.145. The summed E-state index contributed by atoms with van der Waals surface area (Å²) < 4.78 is 5.18. The average Bonchev–Trinajstić information content (AvgIpc) is 2.41. The van der Waals surface area contributed by atoms with Crippen molar-refractivity contribution in [1.82, 2.24) is 4.90 Å². The van der Waals surface area contributed by atoms with E-state index in [1.807, 2.05) is 37.3 Å². The summed E-state index contributed by atoms with van der Waals surface area (Å²) in [5.74, 6) is -0.318. The Morgan fingerprint density at radius 2 is 1.78 bits per heavy atom. The first kappa shape index (κ1) is 14.7. The van der Waals surface area contributed by atoms with E-state index in [-0.39, 0.29) is 11.9 Å². The highest BCUT2D eigenvalue weighted by atomic mass is 16.5. The zero-order valence-corrected chi connectivity index (χ0v) is 11.6. The molecule has 0 N–H and O–H groups in total. The maximum absolute atomic E-state index is 12.1. The van der Waals surface area contributed by atoms with Crippen LogP contribution in [0.4, 0.5) is 0 Å². The standard InChI is InChI=1S/C15H23NO2/c1-4-16(5-2)12-14(15(17)18-6-3)13-10-8-7-9-11-13/h7-11,14H,4-6,12H2,1-3H3. The molecule has 1 rings (SSSR count). The number of hydrogen-bond acceptors (Lipinski definition) is 3. The molecule has 0 heterocycles. The summed E-state index contributed by atoms with van der Waals surface area (Å²) in [6.07, 6.45) is 0. The third kappa shape index (κ3) is 4.15. The van der Waals surface area contributed by atoms with E-state index in [1.165, 1.54) is 0 Å². The average molecular weight is 249 g/mol.